The Labute approximate surface area is 79.6 Å². The Bertz CT molecular complexity index is 350. The zero-order chi connectivity index (χ0) is 9.30. The Morgan fingerprint density at radius 3 is 2.67 bits per heavy atom. The van der Waals surface area contributed by atoms with E-state index in [1.807, 2.05) is 4.98 Å². The molecular weight excluding hydrogens is 283 g/mol. The lowest BCUT2D eigenvalue weighted by Crippen LogP contribution is -2.12. The molecule has 0 aromatic carbocycles. The number of H-pyrrole nitrogens is 1. The number of halogens is 3. The summed E-state index contributed by atoms with van der Waals surface area (Å²) in [5.74, 6) is -0.589. The maximum atomic E-state index is 12.0. The van der Waals surface area contributed by atoms with Crippen molar-refractivity contribution in [2.75, 3.05) is 0 Å². The van der Waals surface area contributed by atoms with Gasteiger partial charge in [-0.15, -0.1) is 0 Å². The molecule has 1 aromatic rings. The maximum absolute atomic E-state index is 12.0. The van der Waals surface area contributed by atoms with Gasteiger partial charge in [0, 0.05) is 6.07 Å². The van der Waals surface area contributed by atoms with Gasteiger partial charge in [-0.25, -0.2) is 8.78 Å². The van der Waals surface area contributed by atoms with E-state index in [-0.39, 0.29) is 3.57 Å². The van der Waals surface area contributed by atoms with Crippen LogP contribution in [0.5, 0.6) is 5.75 Å². The van der Waals surface area contributed by atoms with Crippen molar-refractivity contribution in [3.8, 4) is 5.75 Å². The van der Waals surface area contributed by atoms with E-state index in [4.69, 9.17) is 5.11 Å². The molecular formula is C6H4F2INO2. The minimum atomic E-state index is -2.87. The molecule has 0 spiro atoms. The minimum Gasteiger partial charge on any atom is -0.506 e. The summed E-state index contributed by atoms with van der Waals surface area (Å²) in [6, 6.07) is 1.00. The van der Waals surface area contributed by atoms with Crippen LogP contribution in [0, 0.1) is 3.57 Å². The highest BCUT2D eigenvalue weighted by Crippen LogP contribution is 2.24. The summed E-state index contributed by atoms with van der Waals surface area (Å²) in [6.07, 6.45) is -2.87. The Morgan fingerprint density at radius 2 is 2.17 bits per heavy atom. The molecule has 0 atom stereocenters. The molecule has 2 N–H and O–H groups in total. The molecule has 0 radical (unpaired) electrons. The summed E-state index contributed by atoms with van der Waals surface area (Å²) in [4.78, 5) is 12.7. The number of aromatic hydroxyl groups is 1. The Morgan fingerprint density at radius 1 is 1.58 bits per heavy atom. The van der Waals surface area contributed by atoms with Crippen LogP contribution in [0.15, 0.2) is 10.9 Å². The van der Waals surface area contributed by atoms with Crippen molar-refractivity contribution in [2.24, 2.45) is 0 Å². The van der Waals surface area contributed by atoms with Crippen LogP contribution in [-0.2, 0) is 0 Å². The Balaban J connectivity index is 3.33. The maximum Gasteiger partial charge on any atom is 0.281 e. The van der Waals surface area contributed by atoms with Gasteiger partial charge in [0.1, 0.15) is 11.4 Å². The highest BCUT2D eigenvalue weighted by atomic mass is 127. The fraction of sp³-hybridized carbons (Fsp3) is 0.167. The third-order valence-corrected chi connectivity index (χ3v) is 2.02. The zero-order valence-corrected chi connectivity index (χ0v) is 7.80. The van der Waals surface area contributed by atoms with Crippen LogP contribution >= 0.6 is 22.6 Å². The van der Waals surface area contributed by atoms with Gasteiger partial charge >= 0.3 is 0 Å². The highest BCUT2D eigenvalue weighted by molar-refractivity contribution is 14.1. The molecule has 0 fully saturated rings. The predicted molar refractivity (Wildman–Crippen MR) is 46.4 cm³/mol. The molecule has 12 heavy (non-hydrogen) atoms. The van der Waals surface area contributed by atoms with Gasteiger partial charge in [0.15, 0.2) is 0 Å². The monoisotopic (exact) mass is 287 g/mol. The molecule has 1 aromatic heterocycles. The van der Waals surface area contributed by atoms with Crippen LogP contribution < -0.4 is 5.56 Å². The number of hydrogen-bond donors (Lipinski definition) is 2. The van der Waals surface area contributed by atoms with E-state index >= 15 is 0 Å². The lowest BCUT2D eigenvalue weighted by molar-refractivity contribution is 0.141. The van der Waals surface area contributed by atoms with Gasteiger partial charge in [-0.05, 0) is 22.6 Å². The fourth-order valence-corrected chi connectivity index (χ4v) is 1.11. The first kappa shape index (κ1) is 9.43. The first-order chi connectivity index (χ1) is 5.52. The fourth-order valence-electron chi connectivity index (χ4n) is 0.676. The third kappa shape index (κ3) is 1.74. The van der Waals surface area contributed by atoms with Crippen molar-refractivity contribution >= 4 is 22.6 Å². The van der Waals surface area contributed by atoms with Crippen LogP contribution in [0.4, 0.5) is 8.78 Å². The molecule has 6 heteroatoms. The Kier molecular flexibility index (Phi) is 2.65. The molecule has 0 aliphatic carbocycles. The highest BCUT2D eigenvalue weighted by Gasteiger charge is 2.14. The molecule has 0 amide bonds. The smallest absolute Gasteiger partial charge is 0.281 e. The van der Waals surface area contributed by atoms with E-state index in [9.17, 15) is 13.6 Å². The molecule has 66 valence electrons. The van der Waals surface area contributed by atoms with Gasteiger partial charge in [0.25, 0.3) is 12.0 Å². The number of aromatic nitrogens is 1. The molecule has 0 unspecified atom stereocenters. The number of hydrogen-bond acceptors (Lipinski definition) is 2. The lowest BCUT2D eigenvalue weighted by atomic mass is 10.3. The largest absolute Gasteiger partial charge is 0.506 e. The number of nitrogens with one attached hydrogen (secondary N) is 1. The van der Waals surface area contributed by atoms with Crippen molar-refractivity contribution in [2.45, 2.75) is 6.43 Å². The van der Waals surface area contributed by atoms with Gasteiger partial charge in [-0.1, -0.05) is 0 Å². The normalized spacial score (nSPS) is 10.7. The molecule has 0 aliphatic rings. The second-order valence-electron chi connectivity index (χ2n) is 2.05. The first-order valence-electron chi connectivity index (χ1n) is 2.92. The SMILES string of the molecule is O=c1[nH]c(C(F)F)c(O)cc1I. The molecule has 3 nitrogen and oxygen atoms in total. The van der Waals surface area contributed by atoms with Crippen LogP contribution in [0.2, 0.25) is 0 Å². The van der Waals surface area contributed by atoms with Gasteiger partial charge < -0.3 is 10.1 Å². The second kappa shape index (κ2) is 3.38. The van der Waals surface area contributed by atoms with Crippen molar-refractivity contribution < 1.29 is 13.9 Å². The third-order valence-electron chi connectivity index (χ3n) is 1.22. The van der Waals surface area contributed by atoms with Crippen LogP contribution in [0.3, 0.4) is 0 Å². The molecule has 0 bridgehead atoms. The molecule has 1 rings (SSSR count). The molecule has 1 heterocycles. The quantitative estimate of drug-likeness (QED) is 0.771. The van der Waals surface area contributed by atoms with Gasteiger partial charge in [0.2, 0.25) is 0 Å². The topological polar surface area (TPSA) is 53.1 Å². The predicted octanol–water partition coefficient (Wildman–Crippen LogP) is 1.62. The summed E-state index contributed by atoms with van der Waals surface area (Å²) < 4.78 is 24.2. The summed E-state index contributed by atoms with van der Waals surface area (Å²) in [6.45, 7) is 0. The van der Waals surface area contributed by atoms with E-state index in [0.717, 1.165) is 6.07 Å². The average Bonchev–Trinajstić information content (AvgIpc) is 1.96. The van der Waals surface area contributed by atoms with E-state index in [1.165, 1.54) is 0 Å². The molecule has 0 aliphatic heterocycles. The lowest BCUT2D eigenvalue weighted by Gasteiger charge is -2.02. The minimum absolute atomic E-state index is 0.175. The van der Waals surface area contributed by atoms with Crippen LogP contribution in [0.25, 0.3) is 0 Å². The average molecular weight is 287 g/mol. The first-order valence-corrected chi connectivity index (χ1v) is 4.00. The standard InChI is InChI=1S/C6H4F2INO2/c7-5(8)4-3(11)1-2(9)6(12)10-4/h1,5,11H,(H,10,12). The Hall–Kier alpha value is -0.660. The van der Waals surface area contributed by atoms with Gasteiger partial charge in [0.05, 0.1) is 3.57 Å². The van der Waals surface area contributed by atoms with Gasteiger partial charge in [-0.2, -0.15) is 0 Å². The van der Waals surface area contributed by atoms with Crippen molar-refractivity contribution in [3.63, 3.8) is 0 Å². The zero-order valence-electron chi connectivity index (χ0n) is 5.64. The van der Waals surface area contributed by atoms with Crippen LogP contribution in [-0.4, -0.2) is 10.1 Å². The van der Waals surface area contributed by atoms with E-state index in [0.29, 0.717) is 0 Å². The number of aromatic amines is 1. The summed E-state index contributed by atoms with van der Waals surface area (Å²) in [7, 11) is 0. The number of pyridine rings is 1. The summed E-state index contributed by atoms with van der Waals surface area (Å²) >= 11 is 1.64. The van der Waals surface area contributed by atoms with E-state index < -0.39 is 23.4 Å². The van der Waals surface area contributed by atoms with Crippen molar-refractivity contribution in [1.29, 1.82) is 0 Å². The second-order valence-corrected chi connectivity index (χ2v) is 3.21. The summed E-state index contributed by atoms with van der Waals surface area (Å²) in [5.41, 5.74) is -1.36. The number of alkyl halides is 2. The molecule has 0 saturated carbocycles. The van der Waals surface area contributed by atoms with E-state index in [2.05, 4.69) is 0 Å². The summed E-state index contributed by atoms with van der Waals surface area (Å²) in [5, 5.41) is 8.93. The molecule has 0 saturated heterocycles. The van der Waals surface area contributed by atoms with Crippen molar-refractivity contribution in [3.05, 3.63) is 25.7 Å². The number of rotatable bonds is 1. The van der Waals surface area contributed by atoms with Crippen molar-refractivity contribution in [1.82, 2.24) is 4.98 Å². The van der Waals surface area contributed by atoms with Crippen LogP contribution in [0.1, 0.15) is 12.1 Å². The van der Waals surface area contributed by atoms with Gasteiger partial charge in [-0.3, -0.25) is 4.79 Å². The van der Waals surface area contributed by atoms with E-state index in [1.54, 1.807) is 22.6 Å².